The Kier molecular flexibility index (Phi) is 7.21. The molecule has 0 aromatic heterocycles. The Morgan fingerprint density at radius 1 is 0.340 bits per heavy atom. The molecule has 0 N–H and O–H groups in total. The van der Waals surface area contributed by atoms with Crippen LogP contribution in [0.3, 0.4) is 0 Å². The van der Waals surface area contributed by atoms with Crippen molar-refractivity contribution in [2.45, 2.75) is 19.3 Å². The Hall–Kier alpha value is -6.18. The standard InChI is InChI=1S/C49H37N/c1-49(2)47-29-24-38(35-16-8-4-9-17-35)31-46(47)44-28-27-41(33-48(44)49)50(40-25-22-36(23-26-40)34-14-6-3-7-15-34)42-30-39-20-12-13-21-43(39)45(32-42)37-18-10-5-11-19-37/h3-33H,1-2H3. The van der Waals surface area contributed by atoms with E-state index in [0.717, 1.165) is 17.1 Å². The molecule has 0 aliphatic heterocycles. The zero-order valence-corrected chi connectivity index (χ0v) is 28.3. The highest BCUT2D eigenvalue weighted by molar-refractivity contribution is 6.01. The van der Waals surface area contributed by atoms with Gasteiger partial charge in [-0.2, -0.15) is 0 Å². The summed E-state index contributed by atoms with van der Waals surface area (Å²) in [4.78, 5) is 2.43. The van der Waals surface area contributed by atoms with E-state index in [2.05, 4.69) is 207 Å². The topological polar surface area (TPSA) is 3.24 Å². The van der Waals surface area contributed by atoms with Crippen LogP contribution in [0.25, 0.3) is 55.3 Å². The molecule has 8 aromatic carbocycles. The Morgan fingerprint density at radius 2 is 0.900 bits per heavy atom. The van der Waals surface area contributed by atoms with Gasteiger partial charge in [0.2, 0.25) is 0 Å². The van der Waals surface area contributed by atoms with Crippen LogP contribution in [0.5, 0.6) is 0 Å². The fourth-order valence-corrected chi connectivity index (χ4v) is 7.85. The Morgan fingerprint density at radius 3 is 1.60 bits per heavy atom. The lowest BCUT2D eigenvalue weighted by atomic mass is 9.82. The molecule has 50 heavy (non-hydrogen) atoms. The summed E-state index contributed by atoms with van der Waals surface area (Å²) in [6.07, 6.45) is 0. The molecule has 0 spiro atoms. The first-order valence-corrected chi connectivity index (χ1v) is 17.4. The molecule has 0 saturated heterocycles. The van der Waals surface area contributed by atoms with Crippen LogP contribution in [0.15, 0.2) is 188 Å². The van der Waals surface area contributed by atoms with E-state index in [-0.39, 0.29) is 5.41 Å². The zero-order valence-electron chi connectivity index (χ0n) is 28.3. The summed E-state index contributed by atoms with van der Waals surface area (Å²) in [6, 6.07) is 68.6. The Bertz CT molecular complexity index is 2480. The third-order valence-electron chi connectivity index (χ3n) is 10.4. The minimum Gasteiger partial charge on any atom is -0.310 e. The van der Waals surface area contributed by atoms with Crippen molar-refractivity contribution in [2.24, 2.45) is 0 Å². The van der Waals surface area contributed by atoms with Gasteiger partial charge >= 0.3 is 0 Å². The van der Waals surface area contributed by atoms with Gasteiger partial charge in [0.1, 0.15) is 0 Å². The predicted molar refractivity (Wildman–Crippen MR) is 213 cm³/mol. The molecule has 1 heteroatoms. The number of fused-ring (bicyclic) bond motifs is 4. The molecule has 0 fully saturated rings. The van der Waals surface area contributed by atoms with Crippen molar-refractivity contribution in [3.8, 4) is 44.5 Å². The minimum absolute atomic E-state index is 0.142. The van der Waals surface area contributed by atoms with Crippen molar-refractivity contribution >= 4 is 27.8 Å². The summed E-state index contributed by atoms with van der Waals surface area (Å²) in [7, 11) is 0. The number of nitrogens with zero attached hydrogens (tertiary/aromatic N) is 1. The van der Waals surface area contributed by atoms with Gasteiger partial charge in [-0.1, -0.05) is 159 Å². The fraction of sp³-hybridized carbons (Fsp3) is 0.0612. The molecule has 0 saturated carbocycles. The van der Waals surface area contributed by atoms with Crippen LogP contribution >= 0.6 is 0 Å². The van der Waals surface area contributed by atoms with Gasteiger partial charge in [-0.15, -0.1) is 0 Å². The largest absolute Gasteiger partial charge is 0.310 e. The molecule has 0 amide bonds. The number of anilines is 3. The molecule has 1 aliphatic carbocycles. The van der Waals surface area contributed by atoms with E-state index < -0.39 is 0 Å². The number of hydrogen-bond acceptors (Lipinski definition) is 1. The van der Waals surface area contributed by atoms with Gasteiger partial charge in [-0.25, -0.2) is 0 Å². The molecule has 1 nitrogen and oxygen atoms in total. The van der Waals surface area contributed by atoms with Gasteiger partial charge in [0.25, 0.3) is 0 Å². The van der Waals surface area contributed by atoms with Gasteiger partial charge in [-0.3, -0.25) is 0 Å². The maximum atomic E-state index is 2.43. The first-order valence-electron chi connectivity index (χ1n) is 17.4. The van der Waals surface area contributed by atoms with E-state index in [1.807, 2.05) is 0 Å². The summed E-state index contributed by atoms with van der Waals surface area (Å²) >= 11 is 0. The minimum atomic E-state index is -0.142. The maximum absolute atomic E-state index is 2.43. The lowest BCUT2D eigenvalue weighted by molar-refractivity contribution is 0.660. The molecule has 238 valence electrons. The normalized spacial score (nSPS) is 12.8. The molecule has 0 unspecified atom stereocenters. The molecular weight excluding hydrogens is 603 g/mol. The highest BCUT2D eigenvalue weighted by Crippen LogP contribution is 2.52. The van der Waals surface area contributed by atoms with Gasteiger partial charge in [0, 0.05) is 22.5 Å². The van der Waals surface area contributed by atoms with E-state index in [1.54, 1.807) is 0 Å². The lowest BCUT2D eigenvalue weighted by Gasteiger charge is -2.29. The lowest BCUT2D eigenvalue weighted by Crippen LogP contribution is -2.16. The molecule has 0 radical (unpaired) electrons. The highest BCUT2D eigenvalue weighted by atomic mass is 15.1. The SMILES string of the molecule is CC1(C)c2ccc(-c3ccccc3)cc2-c2ccc(N(c3ccc(-c4ccccc4)cc3)c3cc(-c4ccccc4)c4ccccc4c3)cc21. The molecule has 9 rings (SSSR count). The van der Waals surface area contributed by atoms with Crippen molar-refractivity contribution in [2.75, 3.05) is 4.90 Å². The summed E-state index contributed by atoms with van der Waals surface area (Å²) in [6.45, 7) is 4.73. The van der Waals surface area contributed by atoms with Crippen LogP contribution in [-0.4, -0.2) is 0 Å². The number of hydrogen-bond donors (Lipinski definition) is 0. The maximum Gasteiger partial charge on any atom is 0.0474 e. The number of rotatable bonds is 6. The monoisotopic (exact) mass is 639 g/mol. The Labute approximate surface area is 294 Å². The van der Waals surface area contributed by atoms with Gasteiger partial charge < -0.3 is 4.90 Å². The third-order valence-corrected chi connectivity index (χ3v) is 10.4. The molecular formula is C49H37N. The van der Waals surface area contributed by atoms with Gasteiger partial charge in [0.15, 0.2) is 0 Å². The number of benzene rings is 8. The van der Waals surface area contributed by atoms with Crippen molar-refractivity contribution < 1.29 is 0 Å². The average molecular weight is 640 g/mol. The van der Waals surface area contributed by atoms with Gasteiger partial charge in [0.05, 0.1) is 0 Å². The second kappa shape index (κ2) is 12.1. The third kappa shape index (κ3) is 5.11. The average Bonchev–Trinajstić information content (AvgIpc) is 3.41. The van der Waals surface area contributed by atoms with Crippen molar-refractivity contribution in [3.63, 3.8) is 0 Å². The first-order chi connectivity index (χ1) is 24.5. The van der Waals surface area contributed by atoms with Crippen molar-refractivity contribution in [3.05, 3.63) is 199 Å². The predicted octanol–water partition coefficient (Wildman–Crippen LogP) is 13.6. The van der Waals surface area contributed by atoms with Crippen molar-refractivity contribution in [1.82, 2.24) is 0 Å². The van der Waals surface area contributed by atoms with Crippen molar-refractivity contribution in [1.29, 1.82) is 0 Å². The Balaban J connectivity index is 1.23. The van der Waals surface area contributed by atoms with E-state index in [4.69, 9.17) is 0 Å². The molecule has 0 atom stereocenters. The quantitative estimate of drug-likeness (QED) is 0.175. The van der Waals surface area contributed by atoms with E-state index in [0.29, 0.717) is 0 Å². The molecule has 0 bridgehead atoms. The summed E-state index contributed by atoms with van der Waals surface area (Å²) < 4.78 is 0. The van der Waals surface area contributed by atoms with E-state index >= 15 is 0 Å². The van der Waals surface area contributed by atoms with Crippen LogP contribution in [0.2, 0.25) is 0 Å². The van der Waals surface area contributed by atoms with Crippen LogP contribution in [0.4, 0.5) is 17.1 Å². The summed E-state index contributed by atoms with van der Waals surface area (Å²) in [5.74, 6) is 0. The molecule has 8 aromatic rings. The summed E-state index contributed by atoms with van der Waals surface area (Å²) in [5, 5.41) is 2.47. The zero-order chi connectivity index (χ0) is 33.7. The highest BCUT2D eigenvalue weighted by Gasteiger charge is 2.36. The first kappa shape index (κ1) is 29.9. The second-order valence-corrected chi connectivity index (χ2v) is 13.8. The summed E-state index contributed by atoms with van der Waals surface area (Å²) in [5.41, 5.74) is 16.0. The van der Waals surface area contributed by atoms with Crippen LogP contribution in [0.1, 0.15) is 25.0 Å². The molecule has 0 heterocycles. The fourth-order valence-electron chi connectivity index (χ4n) is 7.85. The van der Waals surface area contributed by atoms with E-state index in [1.165, 1.54) is 66.4 Å². The smallest absolute Gasteiger partial charge is 0.0474 e. The van der Waals surface area contributed by atoms with Crippen LogP contribution < -0.4 is 4.90 Å². The van der Waals surface area contributed by atoms with Crippen LogP contribution in [0, 0.1) is 0 Å². The van der Waals surface area contributed by atoms with Crippen LogP contribution in [-0.2, 0) is 5.41 Å². The molecule has 1 aliphatic rings. The second-order valence-electron chi connectivity index (χ2n) is 13.8. The van der Waals surface area contributed by atoms with Gasteiger partial charge in [-0.05, 0) is 109 Å². The van der Waals surface area contributed by atoms with E-state index in [9.17, 15) is 0 Å².